The molecule has 0 aliphatic carbocycles. The minimum Gasteiger partial charge on any atom is -0.396 e. The average molecular weight is 267 g/mol. The number of amides is 2. The van der Waals surface area contributed by atoms with E-state index in [4.69, 9.17) is 5.73 Å². The molecule has 1 aromatic heterocycles. The van der Waals surface area contributed by atoms with Crippen molar-refractivity contribution in [3.63, 3.8) is 0 Å². The maximum absolute atomic E-state index is 12.0. The molecule has 0 unspecified atom stereocenters. The van der Waals surface area contributed by atoms with Crippen molar-refractivity contribution in [3.8, 4) is 0 Å². The molecule has 0 atom stereocenters. The third kappa shape index (κ3) is 3.70. The van der Waals surface area contributed by atoms with E-state index in [1.54, 1.807) is 18.7 Å². The lowest BCUT2D eigenvalue weighted by Crippen LogP contribution is -2.39. The summed E-state index contributed by atoms with van der Waals surface area (Å²) in [5.74, 6) is -0.358. The minimum atomic E-state index is -0.183. The molecular weight excluding hydrogens is 246 g/mol. The maximum atomic E-state index is 12.0. The molecule has 0 spiro atoms. The van der Waals surface area contributed by atoms with E-state index in [2.05, 4.69) is 10.4 Å². The second-order valence-electron chi connectivity index (χ2n) is 4.45. The van der Waals surface area contributed by atoms with Crippen molar-refractivity contribution in [1.29, 1.82) is 0 Å². The number of anilines is 1. The van der Waals surface area contributed by atoms with Gasteiger partial charge in [-0.05, 0) is 20.8 Å². The second kappa shape index (κ2) is 6.21. The van der Waals surface area contributed by atoms with Gasteiger partial charge in [-0.25, -0.2) is 0 Å². The van der Waals surface area contributed by atoms with Crippen molar-refractivity contribution in [3.05, 3.63) is 11.4 Å². The van der Waals surface area contributed by atoms with Crippen LogP contribution in [0.3, 0.4) is 0 Å². The normalized spacial score (nSPS) is 10.3. The Labute approximate surface area is 112 Å². The van der Waals surface area contributed by atoms with Gasteiger partial charge in [0.15, 0.2) is 0 Å². The smallest absolute Gasteiger partial charge is 0.244 e. The van der Waals surface area contributed by atoms with E-state index in [1.807, 2.05) is 13.8 Å². The van der Waals surface area contributed by atoms with E-state index in [0.29, 0.717) is 17.9 Å². The number of nitrogens with two attached hydrogens (primary N) is 1. The number of hydrogen-bond donors (Lipinski definition) is 2. The van der Waals surface area contributed by atoms with E-state index in [9.17, 15) is 9.59 Å². The first-order chi connectivity index (χ1) is 8.86. The molecule has 3 N–H and O–H groups in total. The fraction of sp³-hybridized carbons (Fsp3) is 0.583. The predicted molar refractivity (Wildman–Crippen MR) is 72.4 cm³/mol. The highest BCUT2D eigenvalue weighted by Gasteiger charge is 2.16. The summed E-state index contributed by atoms with van der Waals surface area (Å²) in [6.07, 6.45) is 0. The van der Waals surface area contributed by atoms with Gasteiger partial charge in [0, 0.05) is 13.6 Å². The van der Waals surface area contributed by atoms with Gasteiger partial charge in [0.25, 0.3) is 0 Å². The quantitative estimate of drug-likeness (QED) is 0.764. The molecule has 19 heavy (non-hydrogen) atoms. The monoisotopic (exact) mass is 267 g/mol. The molecular formula is C12H21N5O2. The molecule has 106 valence electrons. The van der Waals surface area contributed by atoms with Gasteiger partial charge in [-0.2, -0.15) is 5.10 Å². The third-order valence-corrected chi connectivity index (χ3v) is 2.90. The first-order valence-corrected chi connectivity index (χ1v) is 6.17. The highest BCUT2D eigenvalue weighted by molar-refractivity contribution is 5.84. The Morgan fingerprint density at radius 3 is 2.53 bits per heavy atom. The Morgan fingerprint density at radius 2 is 2.05 bits per heavy atom. The first kappa shape index (κ1) is 15.0. The summed E-state index contributed by atoms with van der Waals surface area (Å²) in [5.41, 5.74) is 7.87. The molecule has 0 aliphatic heterocycles. The van der Waals surface area contributed by atoms with Gasteiger partial charge in [-0.15, -0.1) is 0 Å². The van der Waals surface area contributed by atoms with Crippen LogP contribution in [0.4, 0.5) is 5.69 Å². The second-order valence-corrected chi connectivity index (χ2v) is 4.45. The molecule has 0 saturated carbocycles. The number of nitrogens with one attached hydrogen (secondary N) is 1. The summed E-state index contributed by atoms with van der Waals surface area (Å²) in [5, 5.41) is 6.84. The summed E-state index contributed by atoms with van der Waals surface area (Å²) in [6, 6.07) is 0. The van der Waals surface area contributed by atoms with E-state index in [1.165, 1.54) is 4.90 Å². The summed E-state index contributed by atoms with van der Waals surface area (Å²) in [4.78, 5) is 24.7. The number of carbonyl (C=O) groups is 2. The molecule has 2 amide bonds. The summed E-state index contributed by atoms with van der Waals surface area (Å²) >= 11 is 0. The van der Waals surface area contributed by atoms with Crippen molar-refractivity contribution in [2.45, 2.75) is 27.3 Å². The molecule has 0 saturated heterocycles. The predicted octanol–water partition coefficient (Wildman–Crippen LogP) is -0.323. The number of likely N-dealkylation sites (N-methyl/N-ethyl adjacent to an activating group) is 2. The van der Waals surface area contributed by atoms with Crippen molar-refractivity contribution in [2.75, 3.05) is 25.9 Å². The number of hydrogen-bond acceptors (Lipinski definition) is 4. The van der Waals surface area contributed by atoms with Gasteiger partial charge < -0.3 is 16.0 Å². The zero-order valence-corrected chi connectivity index (χ0v) is 11.9. The minimum absolute atomic E-state index is 0.0431. The van der Waals surface area contributed by atoms with Crippen molar-refractivity contribution in [1.82, 2.24) is 20.0 Å². The SMILES string of the molecule is CCNC(=O)CN(C)C(=O)Cn1nc(C)c(N)c1C. The summed E-state index contributed by atoms with van der Waals surface area (Å²) in [7, 11) is 1.59. The number of aryl methyl sites for hydroxylation is 1. The Kier molecular flexibility index (Phi) is 4.91. The fourth-order valence-corrected chi connectivity index (χ4v) is 1.67. The van der Waals surface area contributed by atoms with Crippen LogP contribution in [0, 0.1) is 13.8 Å². The van der Waals surface area contributed by atoms with Gasteiger partial charge in [0.2, 0.25) is 11.8 Å². The van der Waals surface area contributed by atoms with Crippen LogP contribution in [0.2, 0.25) is 0 Å². The van der Waals surface area contributed by atoms with Gasteiger partial charge in [-0.3, -0.25) is 14.3 Å². The lowest BCUT2D eigenvalue weighted by Gasteiger charge is -2.17. The van der Waals surface area contributed by atoms with E-state index >= 15 is 0 Å². The number of carbonyl (C=O) groups excluding carboxylic acids is 2. The number of rotatable bonds is 5. The van der Waals surface area contributed by atoms with Crippen LogP contribution in [-0.4, -0.2) is 46.6 Å². The topological polar surface area (TPSA) is 93.2 Å². The molecule has 7 heteroatoms. The van der Waals surface area contributed by atoms with Crippen molar-refractivity contribution < 1.29 is 9.59 Å². The maximum Gasteiger partial charge on any atom is 0.244 e. The Bertz CT molecular complexity index is 481. The van der Waals surface area contributed by atoms with Crippen LogP contribution < -0.4 is 11.1 Å². The van der Waals surface area contributed by atoms with Crippen molar-refractivity contribution in [2.24, 2.45) is 0 Å². The number of nitrogens with zero attached hydrogens (tertiary/aromatic N) is 3. The van der Waals surface area contributed by atoms with Crippen molar-refractivity contribution >= 4 is 17.5 Å². The van der Waals surface area contributed by atoms with Crippen LogP contribution in [0.25, 0.3) is 0 Å². The van der Waals surface area contributed by atoms with E-state index in [0.717, 1.165) is 5.69 Å². The molecule has 0 bridgehead atoms. The highest BCUT2D eigenvalue weighted by atomic mass is 16.2. The van der Waals surface area contributed by atoms with Gasteiger partial charge in [0.05, 0.1) is 23.6 Å². The number of nitrogen functional groups attached to an aromatic ring is 1. The third-order valence-electron chi connectivity index (χ3n) is 2.90. The molecule has 0 aliphatic rings. The Hall–Kier alpha value is -2.05. The van der Waals surface area contributed by atoms with E-state index in [-0.39, 0.29) is 24.9 Å². The van der Waals surface area contributed by atoms with Gasteiger partial charge in [-0.1, -0.05) is 0 Å². The van der Waals surface area contributed by atoms with Crippen LogP contribution in [-0.2, 0) is 16.1 Å². The first-order valence-electron chi connectivity index (χ1n) is 6.17. The standard InChI is InChI=1S/C12H21N5O2/c1-5-14-10(18)6-16(4)11(19)7-17-9(3)12(13)8(2)15-17/h5-7,13H2,1-4H3,(H,14,18). The molecule has 1 heterocycles. The van der Waals surface area contributed by atoms with Crippen LogP contribution in [0.5, 0.6) is 0 Å². The summed E-state index contributed by atoms with van der Waals surface area (Å²) < 4.78 is 1.56. The molecule has 7 nitrogen and oxygen atoms in total. The Balaban J connectivity index is 2.64. The molecule has 0 fully saturated rings. The fourth-order valence-electron chi connectivity index (χ4n) is 1.67. The molecule has 1 aromatic rings. The number of aromatic nitrogens is 2. The van der Waals surface area contributed by atoms with Crippen LogP contribution >= 0.6 is 0 Å². The highest BCUT2D eigenvalue weighted by Crippen LogP contribution is 2.14. The van der Waals surface area contributed by atoms with Crippen LogP contribution in [0.15, 0.2) is 0 Å². The summed E-state index contributed by atoms with van der Waals surface area (Å²) in [6.45, 7) is 6.11. The molecule has 0 radical (unpaired) electrons. The average Bonchev–Trinajstić information content (AvgIpc) is 2.57. The molecule has 1 rings (SSSR count). The van der Waals surface area contributed by atoms with E-state index < -0.39 is 0 Å². The lowest BCUT2D eigenvalue weighted by molar-refractivity contribution is -0.135. The zero-order valence-electron chi connectivity index (χ0n) is 11.9. The zero-order chi connectivity index (χ0) is 14.6. The largest absolute Gasteiger partial charge is 0.396 e. The molecule has 0 aromatic carbocycles. The Morgan fingerprint density at radius 1 is 1.42 bits per heavy atom. The van der Waals surface area contributed by atoms with Crippen LogP contribution in [0.1, 0.15) is 18.3 Å². The lowest BCUT2D eigenvalue weighted by atomic mass is 10.3. The van der Waals surface area contributed by atoms with Gasteiger partial charge >= 0.3 is 0 Å². The van der Waals surface area contributed by atoms with Gasteiger partial charge in [0.1, 0.15) is 6.54 Å².